The minimum Gasteiger partial charge on any atom is -0.489 e. The number of benzene rings is 2. The zero-order valence-electron chi connectivity index (χ0n) is 14.4. The molecule has 0 amide bonds. The molecule has 126 valence electrons. The molecule has 0 atom stereocenters. The van der Waals surface area contributed by atoms with Crippen molar-refractivity contribution >= 4 is 23.7 Å². The van der Waals surface area contributed by atoms with E-state index in [1.165, 1.54) is 17.3 Å². The molecule has 0 spiro atoms. The van der Waals surface area contributed by atoms with Gasteiger partial charge in [0.05, 0.1) is 0 Å². The number of anilines is 1. The topological polar surface area (TPSA) is 38.3 Å². The maximum Gasteiger partial charge on any atom is 0.129 e. The van der Waals surface area contributed by atoms with Crippen molar-refractivity contribution in [3.63, 3.8) is 0 Å². The summed E-state index contributed by atoms with van der Waals surface area (Å²) in [5.41, 5.74) is 2.27. The average Bonchev–Trinajstić information content (AvgIpc) is 2.64. The molecular weight excluding hydrogens is 306 g/mol. The molecule has 2 aromatic carbocycles. The van der Waals surface area contributed by atoms with E-state index in [9.17, 15) is 4.79 Å². The zero-order chi connectivity index (χ0) is 17.3. The van der Waals surface area contributed by atoms with Crippen LogP contribution in [0.25, 0.3) is 0 Å². The second-order valence-electron chi connectivity index (χ2n) is 4.17. The lowest BCUT2D eigenvalue weighted by atomic mass is 10.2. The molecule has 2 aromatic rings. The van der Waals surface area contributed by atoms with Gasteiger partial charge < -0.3 is 14.8 Å². The van der Waals surface area contributed by atoms with E-state index in [2.05, 4.69) is 17.4 Å². The normalized spacial score (nSPS) is 8.70. The molecule has 0 saturated carbocycles. The van der Waals surface area contributed by atoms with Crippen molar-refractivity contribution in [3.8, 4) is 5.75 Å². The molecule has 1 N–H and O–H groups in total. The Morgan fingerprint density at radius 3 is 2.09 bits per heavy atom. The van der Waals surface area contributed by atoms with Crippen LogP contribution in [0.5, 0.6) is 5.75 Å². The smallest absolute Gasteiger partial charge is 0.129 e. The standard InChI is InChI=1S/C14H15NO.C3H6OS.C2H6/c1-15-13-7-9-14(10-8-13)16-11-12-5-3-2-4-6-12;1-5-3-2-4;1-2/h2-10,15H,11H2,1H3;2H,3H2,1H3;1-2H3. The highest BCUT2D eigenvalue weighted by molar-refractivity contribution is 7.99. The predicted octanol–water partition coefficient (Wildman–Crippen LogP) is 4.88. The van der Waals surface area contributed by atoms with Gasteiger partial charge in [-0.05, 0) is 36.1 Å². The summed E-state index contributed by atoms with van der Waals surface area (Å²) in [6.45, 7) is 4.61. The SMILES string of the molecule is CC.CNc1ccc(OCc2ccccc2)cc1.CSCC=O. The van der Waals surface area contributed by atoms with Crippen LogP contribution in [-0.2, 0) is 11.4 Å². The van der Waals surface area contributed by atoms with Gasteiger partial charge in [-0.25, -0.2) is 0 Å². The Bertz CT molecular complexity index is 501. The Hall–Kier alpha value is -1.94. The van der Waals surface area contributed by atoms with Crippen LogP contribution in [-0.4, -0.2) is 25.3 Å². The molecule has 0 unspecified atom stereocenters. The molecule has 0 aliphatic heterocycles. The van der Waals surface area contributed by atoms with Crippen LogP contribution in [0.1, 0.15) is 19.4 Å². The van der Waals surface area contributed by atoms with E-state index in [1.54, 1.807) is 0 Å². The Balaban J connectivity index is 0.000000594. The Morgan fingerprint density at radius 1 is 1.04 bits per heavy atom. The number of nitrogens with one attached hydrogen (secondary N) is 1. The van der Waals surface area contributed by atoms with Crippen molar-refractivity contribution < 1.29 is 9.53 Å². The lowest BCUT2D eigenvalue weighted by Crippen LogP contribution is -1.95. The monoisotopic (exact) mass is 333 g/mol. The van der Waals surface area contributed by atoms with Crippen LogP contribution in [0.3, 0.4) is 0 Å². The molecule has 2 rings (SSSR count). The zero-order valence-corrected chi connectivity index (χ0v) is 15.2. The Labute approximate surface area is 144 Å². The summed E-state index contributed by atoms with van der Waals surface area (Å²) in [5, 5.41) is 3.07. The molecule has 0 aromatic heterocycles. The summed E-state index contributed by atoms with van der Waals surface area (Å²) in [4.78, 5) is 9.38. The van der Waals surface area contributed by atoms with Gasteiger partial charge in [0.25, 0.3) is 0 Å². The van der Waals surface area contributed by atoms with Crippen molar-refractivity contribution in [2.24, 2.45) is 0 Å². The number of thioether (sulfide) groups is 1. The Kier molecular flexibility index (Phi) is 13.7. The first-order chi connectivity index (χ1) is 11.3. The second-order valence-corrected chi connectivity index (χ2v) is 5.08. The van der Waals surface area contributed by atoms with Crippen LogP contribution >= 0.6 is 11.8 Å². The molecule has 0 saturated heterocycles. The van der Waals surface area contributed by atoms with Crippen molar-refractivity contribution in [1.82, 2.24) is 0 Å². The number of hydrogen-bond acceptors (Lipinski definition) is 4. The highest BCUT2D eigenvalue weighted by atomic mass is 32.2. The highest BCUT2D eigenvalue weighted by Gasteiger charge is 1.95. The van der Waals surface area contributed by atoms with E-state index in [-0.39, 0.29) is 0 Å². The molecule has 3 nitrogen and oxygen atoms in total. The van der Waals surface area contributed by atoms with E-state index in [1.807, 2.05) is 69.6 Å². The molecule has 4 heteroatoms. The van der Waals surface area contributed by atoms with E-state index >= 15 is 0 Å². The van der Waals surface area contributed by atoms with Gasteiger partial charge in [-0.1, -0.05) is 44.2 Å². The molecule has 23 heavy (non-hydrogen) atoms. The number of hydrogen-bond donors (Lipinski definition) is 1. The van der Waals surface area contributed by atoms with Gasteiger partial charge in [0.15, 0.2) is 0 Å². The van der Waals surface area contributed by atoms with Gasteiger partial charge in [0, 0.05) is 18.5 Å². The fraction of sp³-hybridized carbons (Fsp3) is 0.316. The quantitative estimate of drug-likeness (QED) is 0.765. The molecule has 0 aliphatic carbocycles. The van der Waals surface area contributed by atoms with Crippen molar-refractivity contribution in [2.75, 3.05) is 24.4 Å². The van der Waals surface area contributed by atoms with Gasteiger partial charge in [-0.3, -0.25) is 0 Å². The molecular formula is C19H27NO2S. The summed E-state index contributed by atoms with van der Waals surface area (Å²) in [6.07, 6.45) is 2.79. The number of carbonyl (C=O) groups is 1. The van der Waals surface area contributed by atoms with Gasteiger partial charge in [-0.2, -0.15) is 11.8 Å². The van der Waals surface area contributed by atoms with Crippen LogP contribution < -0.4 is 10.1 Å². The molecule has 0 fully saturated rings. The summed E-state index contributed by atoms with van der Waals surface area (Å²) in [7, 11) is 1.90. The summed E-state index contributed by atoms with van der Waals surface area (Å²) in [6, 6.07) is 18.1. The maximum absolute atomic E-state index is 9.38. The first kappa shape index (κ1) is 21.1. The number of carbonyl (C=O) groups excluding carboxylic acids is 1. The number of rotatable bonds is 6. The summed E-state index contributed by atoms with van der Waals surface area (Å²) < 4.78 is 5.66. The lowest BCUT2D eigenvalue weighted by molar-refractivity contribution is -0.105. The van der Waals surface area contributed by atoms with Gasteiger partial charge in [-0.15, -0.1) is 0 Å². The van der Waals surface area contributed by atoms with E-state index in [0.717, 1.165) is 17.7 Å². The van der Waals surface area contributed by atoms with E-state index in [4.69, 9.17) is 4.74 Å². The third-order valence-corrected chi connectivity index (χ3v) is 3.10. The number of ether oxygens (including phenoxy) is 1. The van der Waals surface area contributed by atoms with Crippen LogP contribution in [0.2, 0.25) is 0 Å². The summed E-state index contributed by atoms with van der Waals surface area (Å²) in [5.74, 6) is 1.52. The predicted molar refractivity (Wildman–Crippen MR) is 103 cm³/mol. The van der Waals surface area contributed by atoms with Crippen molar-refractivity contribution in [3.05, 3.63) is 60.2 Å². The first-order valence-electron chi connectivity index (χ1n) is 7.67. The minimum absolute atomic E-state index is 0.611. The third-order valence-electron chi connectivity index (χ3n) is 2.63. The van der Waals surface area contributed by atoms with E-state index < -0.39 is 0 Å². The third kappa shape index (κ3) is 10.4. The molecule has 0 aliphatic rings. The minimum atomic E-state index is 0.611. The van der Waals surface area contributed by atoms with Gasteiger partial charge in [0.2, 0.25) is 0 Å². The lowest BCUT2D eigenvalue weighted by Gasteiger charge is -2.07. The van der Waals surface area contributed by atoms with Crippen LogP contribution in [0.4, 0.5) is 5.69 Å². The number of aldehydes is 1. The maximum atomic E-state index is 9.38. The molecule has 0 bridgehead atoms. The molecule has 0 radical (unpaired) electrons. The van der Waals surface area contributed by atoms with Crippen LogP contribution in [0.15, 0.2) is 54.6 Å². The highest BCUT2D eigenvalue weighted by Crippen LogP contribution is 2.16. The van der Waals surface area contributed by atoms with Gasteiger partial charge in [0.1, 0.15) is 18.6 Å². The van der Waals surface area contributed by atoms with Crippen molar-refractivity contribution in [1.29, 1.82) is 0 Å². The Morgan fingerprint density at radius 2 is 1.65 bits per heavy atom. The second kappa shape index (κ2) is 15.0. The fourth-order valence-electron chi connectivity index (χ4n) is 1.53. The molecule has 0 heterocycles. The van der Waals surface area contributed by atoms with Gasteiger partial charge >= 0.3 is 0 Å². The summed E-state index contributed by atoms with van der Waals surface area (Å²) >= 11 is 1.53. The average molecular weight is 333 g/mol. The van der Waals surface area contributed by atoms with Crippen molar-refractivity contribution in [2.45, 2.75) is 20.5 Å². The first-order valence-corrected chi connectivity index (χ1v) is 9.06. The largest absolute Gasteiger partial charge is 0.489 e. The fourth-order valence-corrected chi connectivity index (χ4v) is 1.66. The van der Waals surface area contributed by atoms with E-state index in [0.29, 0.717) is 12.4 Å². The van der Waals surface area contributed by atoms with Crippen LogP contribution in [0, 0.1) is 0 Å².